The van der Waals surface area contributed by atoms with Crippen LogP contribution in [0, 0.1) is 20.2 Å². The van der Waals surface area contributed by atoms with Gasteiger partial charge in [0.1, 0.15) is 17.9 Å². The van der Waals surface area contributed by atoms with Gasteiger partial charge >= 0.3 is 11.9 Å². The maximum Gasteiger partial charge on any atom is 0.343 e. The van der Waals surface area contributed by atoms with E-state index in [4.69, 9.17) is 9.47 Å². The van der Waals surface area contributed by atoms with Crippen molar-refractivity contribution < 1.29 is 38.5 Å². The average Bonchev–Trinajstić information content (AvgIpc) is 3.05. The molecular weight excluding hydrogens is 616 g/mol. The largest absolute Gasteiger partial charge is 0.423 e. The molecule has 4 aromatic rings. The molecule has 0 bridgehead atoms. The summed E-state index contributed by atoms with van der Waals surface area (Å²) in [5.41, 5.74) is 4.69. The number of non-ortho nitro benzene ring substituents is 2. The summed E-state index contributed by atoms with van der Waals surface area (Å²) in [4.78, 5) is 69.6. The van der Waals surface area contributed by atoms with Gasteiger partial charge in [-0.2, -0.15) is 10.2 Å². The number of hydrazone groups is 2. The first-order valence-electron chi connectivity index (χ1n) is 13.3. The Bertz CT molecular complexity index is 1790. The highest BCUT2D eigenvalue weighted by atomic mass is 16.6. The first kappa shape index (κ1) is 32.8. The molecule has 0 spiro atoms. The molecule has 16 heteroatoms. The summed E-state index contributed by atoms with van der Waals surface area (Å²) in [5, 5.41) is 29.4. The van der Waals surface area contributed by atoms with Gasteiger partial charge in [-0.05, 0) is 47.5 Å². The van der Waals surface area contributed by atoms with E-state index in [0.29, 0.717) is 11.1 Å². The van der Waals surface area contributed by atoms with Gasteiger partial charge in [-0.1, -0.05) is 36.4 Å². The van der Waals surface area contributed by atoms with Crippen LogP contribution in [-0.2, 0) is 9.59 Å². The maximum absolute atomic E-state index is 12.4. The lowest BCUT2D eigenvalue weighted by molar-refractivity contribution is -0.385. The zero-order valence-electron chi connectivity index (χ0n) is 24.0. The van der Waals surface area contributed by atoms with Crippen molar-refractivity contribution in [3.63, 3.8) is 0 Å². The molecule has 0 aliphatic heterocycles. The van der Waals surface area contributed by atoms with E-state index in [0.717, 1.165) is 12.1 Å². The van der Waals surface area contributed by atoms with Crippen molar-refractivity contribution in [3.05, 3.63) is 140 Å². The summed E-state index contributed by atoms with van der Waals surface area (Å²) in [6, 6.07) is 22.3. The van der Waals surface area contributed by atoms with E-state index in [-0.39, 0.29) is 34.0 Å². The number of carbonyl (C=O) groups excluding carboxylic acids is 4. The van der Waals surface area contributed by atoms with Crippen LogP contribution < -0.4 is 20.3 Å². The molecular formula is C31H22N6O10. The summed E-state index contributed by atoms with van der Waals surface area (Å²) in [5.74, 6) is -2.87. The zero-order chi connectivity index (χ0) is 33.8. The lowest BCUT2D eigenvalue weighted by Gasteiger charge is -2.05. The first-order chi connectivity index (χ1) is 22.6. The number of hydrogen-bond acceptors (Lipinski definition) is 12. The van der Waals surface area contributed by atoms with Gasteiger partial charge in [0, 0.05) is 24.3 Å². The molecule has 236 valence electrons. The average molecular weight is 639 g/mol. The molecule has 0 fully saturated rings. The quantitative estimate of drug-likeness (QED) is 0.0568. The van der Waals surface area contributed by atoms with Gasteiger partial charge in [0.15, 0.2) is 0 Å². The fourth-order valence-corrected chi connectivity index (χ4v) is 3.72. The Morgan fingerprint density at radius 3 is 1.43 bits per heavy atom. The fraction of sp³-hybridized carbons (Fsp3) is 0.0323. The van der Waals surface area contributed by atoms with Crippen molar-refractivity contribution in [2.45, 2.75) is 6.42 Å². The molecule has 0 heterocycles. The predicted octanol–water partition coefficient (Wildman–Crippen LogP) is 3.93. The molecule has 0 radical (unpaired) electrons. The Labute approximate surface area is 264 Å². The van der Waals surface area contributed by atoms with Crippen LogP contribution in [0.1, 0.15) is 38.3 Å². The highest BCUT2D eigenvalue weighted by Gasteiger charge is 2.15. The molecule has 0 saturated heterocycles. The SMILES string of the molecule is O=C(CC(=O)NN=Cc1cccc(OC(=O)c2cccc([N+](=O)[O-])c2)c1)NN=Cc1cccc(OC(=O)c2cccc([N+](=O)[O-])c2)c1. The van der Waals surface area contributed by atoms with Crippen molar-refractivity contribution >= 4 is 47.6 Å². The molecule has 0 aromatic heterocycles. The lowest BCUT2D eigenvalue weighted by Crippen LogP contribution is -2.27. The molecule has 4 aromatic carbocycles. The Hall–Kier alpha value is -7.10. The number of benzene rings is 4. The number of nitrogens with zero attached hydrogens (tertiary/aromatic N) is 4. The highest BCUT2D eigenvalue weighted by molar-refractivity contribution is 5.97. The second kappa shape index (κ2) is 15.6. The number of hydrogen-bond donors (Lipinski definition) is 2. The second-order valence-electron chi connectivity index (χ2n) is 9.30. The molecule has 2 amide bonds. The number of rotatable bonds is 12. The van der Waals surface area contributed by atoms with Crippen LogP contribution in [-0.4, -0.2) is 46.0 Å². The summed E-state index contributed by atoms with van der Waals surface area (Å²) < 4.78 is 10.5. The number of nitro groups is 2. The van der Waals surface area contributed by atoms with Crippen molar-refractivity contribution in [2.75, 3.05) is 0 Å². The van der Waals surface area contributed by atoms with E-state index in [2.05, 4.69) is 21.1 Å². The minimum atomic E-state index is -0.806. The van der Waals surface area contributed by atoms with Crippen molar-refractivity contribution in [1.29, 1.82) is 0 Å². The zero-order valence-corrected chi connectivity index (χ0v) is 24.0. The van der Waals surface area contributed by atoms with E-state index < -0.39 is 40.0 Å². The van der Waals surface area contributed by atoms with Crippen LogP contribution in [0.5, 0.6) is 11.5 Å². The topological polar surface area (TPSA) is 222 Å². The van der Waals surface area contributed by atoms with E-state index >= 15 is 0 Å². The molecule has 2 N–H and O–H groups in total. The van der Waals surface area contributed by atoms with Crippen LogP contribution in [0.3, 0.4) is 0 Å². The molecule has 0 aliphatic carbocycles. The smallest absolute Gasteiger partial charge is 0.343 e. The van der Waals surface area contributed by atoms with E-state index in [1.54, 1.807) is 24.3 Å². The maximum atomic E-state index is 12.4. The standard InChI is InChI=1S/C31H22N6O10/c38-28(34-32-18-20-5-1-11-26(13-20)46-30(40)22-7-3-9-24(15-22)36(42)43)17-29(39)35-33-19-21-6-2-12-27(14-21)47-31(41)23-8-4-10-25(16-23)37(44)45/h1-16,18-19H,17H2,(H,34,38)(H,35,39). The number of nitro benzene ring substituents is 2. The predicted molar refractivity (Wildman–Crippen MR) is 165 cm³/mol. The Kier molecular flexibility index (Phi) is 10.9. The van der Waals surface area contributed by atoms with Crippen LogP contribution >= 0.6 is 0 Å². The molecule has 0 atom stereocenters. The van der Waals surface area contributed by atoms with Gasteiger partial charge in [0.2, 0.25) is 11.8 Å². The monoisotopic (exact) mass is 638 g/mol. The van der Waals surface area contributed by atoms with E-state index in [1.807, 2.05) is 0 Å². The molecule has 0 saturated carbocycles. The molecule has 47 heavy (non-hydrogen) atoms. The van der Waals surface area contributed by atoms with E-state index in [9.17, 15) is 39.4 Å². The summed E-state index contributed by atoms with van der Waals surface area (Å²) >= 11 is 0. The van der Waals surface area contributed by atoms with Crippen LogP contribution in [0.4, 0.5) is 11.4 Å². The van der Waals surface area contributed by atoms with Gasteiger partial charge in [-0.15, -0.1) is 0 Å². The molecule has 0 unspecified atom stereocenters. The normalized spacial score (nSPS) is 10.7. The summed E-state index contributed by atoms with van der Waals surface area (Å²) in [6.45, 7) is 0. The number of amides is 2. The minimum Gasteiger partial charge on any atom is -0.423 e. The molecule has 16 nitrogen and oxygen atoms in total. The van der Waals surface area contributed by atoms with Gasteiger partial charge in [0.05, 0.1) is 33.4 Å². The Morgan fingerprint density at radius 2 is 1.02 bits per heavy atom. The third-order valence-corrected chi connectivity index (χ3v) is 5.85. The van der Waals surface area contributed by atoms with Gasteiger partial charge in [0.25, 0.3) is 11.4 Å². The summed E-state index contributed by atoms with van der Waals surface area (Å²) in [6.07, 6.45) is 1.88. The fourth-order valence-electron chi connectivity index (χ4n) is 3.72. The number of esters is 2. The van der Waals surface area contributed by atoms with Crippen LogP contribution in [0.2, 0.25) is 0 Å². The Balaban J connectivity index is 1.23. The third kappa shape index (κ3) is 9.97. The van der Waals surface area contributed by atoms with Crippen molar-refractivity contribution in [1.82, 2.24) is 10.9 Å². The van der Waals surface area contributed by atoms with Gasteiger partial charge < -0.3 is 9.47 Å². The first-order valence-corrected chi connectivity index (χ1v) is 13.3. The van der Waals surface area contributed by atoms with Crippen molar-refractivity contribution in [2.24, 2.45) is 10.2 Å². The second-order valence-corrected chi connectivity index (χ2v) is 9.30. The molecule has 0 aliphatic rings. The Morgan fingerprint density at radius 1 is 0.617 bits per heavy atom. The van der Waals surface area contributed by atoms with E-state index in [1.165, 1.54) is 73.1 Å². The van der Waals surface area contributed by atoms with Gasteiger partial charge in [-0.25, -0.2) is 20.4 Å². The molecule has 4 rings (SSSR count). The van der Waals surface area contributed by atoms with Crippen molar-refractivity contribution in [3.8, 4) is 11.5 Å². The number of carbonyl (C=O) groups is 4. The summed E-state index contributed by atoms with van der Waals surface area (Å²) in [7, 11) is 0. The minimum absolute atomic E-state index is 0.0115. The lowest BCUT2D eigenvalue weighted by atomic mass is 10.2. The number of ether oxygens (including phenoxy) is 2. The van der Waals surface area contributed by atoms with Crippen LogP contribution in [0.25, 0.3) is 0 Å². The number of nitrogens with one attached hydrogen (secondary N) is 2. The third-order valence-electron chi connectivity index (χ3n) is 5.85. The van der Waals surface area contributed by atoms with Crippen LogP contribution in [0.15, 0.2) is 107 Å². The highest BCUT2D eigenvalue weighted by Crippen LogP contribution is 2.19. The van der Waals surface area contributed by atoms with Gasteiger partial charge in [-0.3, -0.25) is 29.8 Å².